The number of thiazole rings is 1. The first-order valence-electron chi connectivity index (χ1n) is 7.35. The highest BCUT2D eigenvalue weighted by atomic mass is 79.9. The molecule has 1 heterocycles. The van der Waals surface area contributed by atoms with E-state index in [4.69, 9.17) is 9.73 Å². The number of hydrogen-bond acceptors (Lipinski definition) is 4. The Morgan fingerprint density at radius 2 is 1.79 bits per heavy atom. The Hall–Kier alpha value is -1.89. The van der Waals surface area contributed by atoms with Crippen LogP contribution in [0.1, 0.15) is 0 Å². The van der Waals surface area contributed by atoms with Crippen molar-refractivity contribution in [2.45, 2.75) is 6.54 Å². The van der Waals surface area contributed by atoms with Gasteiger partial charge in [-0.2, -0.15) is 0 Å². The van der Waals surface area contributed by atoms with Crippen LogP contribution in [0.15, 0.2) is 65.0 Å². The molecule has 2 aromatic carbocycles. The first-order chi connectivity index (χ1) is 11.3. The Balaban J connectivity index is 0.00000208. The van der Waals surface area contributed by atoms with Crippen molar-refractivity contribution in [2.24, 2.45) is 4.99 Å². The fourth-order valence-corrected chi connectivity index (χ4v) is 3.30. The van der Waals surface area contributed by atoms with Crippen molar-refractivity contribution >= 4 is 34.0 Å². The summed E-state index contributed by atoms with van der Waals surface area (Å²) in [7, 11) is 1.65. The topological polar surface area (TPSA) is 46.8 Å². The van der Waals surface area contributed by atoms with Gasteiger partial charge in [0, 0.05) is 11.9 Å². The van der Waals surface area contributed by atoms with E-state index in [1.165, 1.54) is 0 Å². The minimum absolute atomic E-state index is 0. The van der Waals surface area contributed by atoms with Gasteiger partial charge in [-0.3, -0.25) is 0 Å². The molecule has 3 aromatic rings. The predicted octanol–water partition coefficient (Wildman–Crippen LogP) is 4.03. The molecule has 0 saturated heterocycles. The van der Waals surface area contributed by atoms with Gasteiger partial charge in [0.1, 0.15) is 5.75 Å². The zero-order valence-electron chi connectivity index (χ0n) is 13.3. The molecule has 126 valence electrons. The summed E-state index contributed by atoms with van der Waals surface area (Å²) in [6.45, 7) is 0.592. The van der Waals surface area contributed by atoms with Crippen LogP contribution in [0, 0.1) is 0 Å². The first kappa shape index (κ1) is 18.4. The van der Waals surface area contributed by atoms with Gasteiger partial charge < -0.3 is 14.4 Å². The molecule has 1 N–H and O–H groups in total. The third kappa shape index (κ3) is 4.14. The van der Waals surface area contributed by atoms with Crippen LogP contribution >= 0.6 is 28.3 Å². The van der Waals surface area contributed by atoms with Crippen molar-refractivity contribution in [1.29, 1.82) is 0 Å². The van der Waals surface area contributed by atoms with Gasteiger partial charge in [0.2, 0.25) is 0 Å². The van der Waals surface area contributed by atoms with E-state index >= 15 is 0 Å². The Bertz CT molecular complexity index is 826. The van der Waals surface area contributed by atoms with Crippen LogP contribution < -0.4 is 9.54 Å². The summed E-state index contributed by atoms with van der Waals surface area (Å²) in [6.07, 6.45) is 0. The SMILES string of the molecule is Br.COc1ccc(N=c2scc(-c3ccccc3)n2CCO)cc1. The van der Waals surface area contributed by atoms with Gasteiger partial charge in [-0.25, -0.2) is 4.99 Å². The van der Waals surface area contributed by atoms with E-state index in [0.717, 1.165) is 27.5 Å². The van der Waals surface area contributed by atoms with Crippen molar-refractivity contribution in [3.8, 4) is 17.0 Å². The summed E-state index contributed by atoms with van der Waals surface area (Å²) in [5, 5.41) is 11.5. The highest BCUT2D eigenvalue weighted by molar-refractivity contribution is 8.93. The summed E-state index contributed by atoms with van der Waals surface area (Å²) in [5.41, 5.74) is 3.05. The van der Waals surface area contributed by atoms with Gasteiger partial charge in [0.15, 0.2) is 4.80 Å². The minimum Gasteiger partial charge on any atom is -0.497 e. The molecule has 0 spiro atoms. The number of benzene rings is 2. The van der Waals surface area contributed by atoms with Crippen molar-refractivity contribution < 1.29 is 9.84 Å². The number of methoxy groups -OCH3 is 1. The molecule has 0 bridgehead atoms. The summed E-state index contributed by atoms with van der Waals surface area (Å²) in [4.78, 5) is 5.56. The van der Waals surface area contributed by atoms with Crippen molar-refractivity contribution in [3.05, 3.63) is 64.8 Å². The predicted molar refractivity (Wildman–Crippen MR) is 103 cm³/mol. The van der Waals surface area contributed by atoms with Gasteiger partial charge >= 0.3 is 0 Å². The maximum absolute atomic E-state index is 9.39. The number of halogens is 1. The number of ether oxygens (including phenoxy) is 1. The largest absolute Gasteiger partial charge is 0.497 e. The molecule has 6 heteroatoms. The Morgan fingerprint density at radius 3 is 2.42 bits per heavy atom. The summed E-state index contributed by atoms with van der Waals surface area (Å²) < 4.78 is 7.21. The van der Waals surface area contributed by atoms with Gasteiger partial charge in [-0.15, -0.1) is 28.3 Å². The average molecular weight is 407 g/mol. The summed E-state index contributed by atoms with van der Waals surface area (Å²) in [6, 6.07) is 17.8. The van der Waals surface area contributed by atoms with Crippen LogP contribution in [0.3, 0.4) is 0 Å². The second-order valence-electron chi connectivity index (χ2n) is 4.95. The number of aromatic nitrogens is 1. The Labute approximate surface area is 155 Å². The van der Waals surface area contributed by atoms with Crippen LogP contribution in [0.2, 0.25) is 0 Å². The van der Waals surface area contributed by atoms with E-state index in [9.17, 15) is 5.11 Å². The number of nitrogens with zero attached hydrogens (tertiary/aromatic N) is 2. The van der Waals surface area contributed by atoms with Crippen LogP contribution in [-0.2, 0) is 6.54 Å². The van der Waals surface area contributed by atoms with E-state index in [1.54, 1.807) is 18.4 Å². The average Bonchev–Trinajstić information content (AvgIpc) is 2.99. The monoisotopic (exact) mass is 406 g/mol. The van der Waals surface area contributed by atoms with Gasteiger partial charge in [0.25, 0.3) is 0 Å². The zero-order valence-corrected chi connectivity index (χ0v) is 15.8. The molecule has 0 saturated carbocycles. The molecule has 0 atom stereocenters. The van der Waals surface area contributed by atoms with E-state index in [-0.39, 0.29) is 23.6 Å². The zero-order chi connectivity index (χ0) is 16.1. The van der Waals surface area contributed by atoms with E-state index < -0.39 is 0 Å². The molecule has 0 fully saturated rings. The fraction of sp³-hybridized carbons (Fsp3) is 0.167. The second-order valence-corrected chi connectivity index (χ2v) is 5.79. The van der Waals surface area contributed by atoms with E-state index in [0.29, 0.717) is 6.54 Å². The molecule has 4 nitrogen and oxygen atoms in total. The lowest BCUT2D eigenvalue weighted by molar-refractivity contribution is 0.275. The van der Waals surface area contributed by atoms with Crippen LogP contribution in [0.4, 0.5) is 5.69 Å². The molecular formula is C18H19BrN2O2S. The highest BCUT2D eigenvalue weighted by Gasteiger charge is 2.07. The maximum atomic E-state index is 9.39. The first-order valence-corrected chi connectivity index (χ1v) is 8.23. The van der Waals surface area contributed by atoms with Crippen LogP contribution in [0.25, 0.3) is 11.3 Å². The van der Waals surface area contributed by atoms with Gasteiger partial charge in [0.05, 0.1) is 25.1 Å². The lowest BCUT2D eigenvalue weighted by Crippen LogP contribution is -2.17. The lowest BCUT2D eigenvalue weighted by atomic mass is 10.2. The smallest absolute Gasteiger partial charge is 0.190 e. The Kier molecular flexibility index (Phi) is 6.78. The van der Waals surface area contributed by atoms with Gasteiger partial charge in [-0.1, -0.05) is 30.3 Å². The van der Waals surface area contributed by atoms with E-state index in [1.807, 2.05) is 47.0 Å². The normalized spacial score (nSPS) is 11.2. The van der Waals surface area contributed by atoms with Crippen LogP contribution in [0.5, 0.6) is 5.75 Å². The highest BCUT2D eigenvalue weighted by Crippen LogP contribution is 2.21. The molecule has 24 heavy (non-hydrogen) atoms. The third-order valence-corrected chi connectivity index (χ3v) is 4.35. The molecule has 3 rings (SSSR count). The maximum Gasteiger partial charge on any atom is 0.190 e. The third-order valence-electron chi connectivity index (χ3n) is 3.49. The molecular weight excluding hydrogens is 388 g/mol. The quantitative estimate of drug-likeness (QED) is 0.694. The molecule has 0 unspecified atom stereocenters. The van der Waals surface area contributed by atoms with E-state index in [2.05, 4.69) is 17.5 Å². The standard InChI is InChI=1S/C18H18N2O2S.BrH/c1-22-16-9-7-15(8-10-16)19-18-20(11-12-21)17(13-23-18)14-5-3-2-4-6-14;/h2-10,13,21H,11-12H2,1H3;1H. The Morgan fingerprint density at radius 1 is 1.08 bits per heavy atom. The number of aliphatic hydroxyl groups excluding tert-OH is 1. The molecule has 0 aliphatic rings. The second kappa shape index (κ2) is 8.82. The number of aliphatic hydroxyl groups is 1. The summed E-state index contributed by atoms with van der Waals surface area (Å²) in [5.74, 6) is 0.809. The lowest BCUT2D eigenvalue weighted by Gasteiger charge is -2.07. The van der Waals surface area contributed by atoms with Crippen molar-refractivity contribution in [2.75, 3.05) is 13.7 Å². The van der Waals surface area contributed by atoms with Gasteiger partial charge in [-0.05, 0) is 29.8 Å². The molecule has 0 radical (unpaired) electrons. The van der Waals surface area contributed by atoms with Crippen molar-refractivity contribution in [3.63, 3.8) is 0 Å². The molecule has 0 aliphatic heterocycles. The van der Waals surface area contributed by atoms with Crippen molar-refractivity contribution in [1.82, 2.24) is 4.57 Å². The number of rotatable bonds is 5. The molecule has 0 amide bonds. The molecule has 0 aliphatic carbocycles. The molecule has 1 aromatic heterocycles. The minimum atomic E-state index is 0. The summed E-state index contributed by atoms with van der Waals surface area (Å²) >= 11 is 1.57. The fourth-order valence-electron chi connectivity index (χ4n) is 2.34. The number of hydrogen-bond donors (Lipinski definition) is 1. The van der Waals surface area contributed by atoms with Crippen LogP contribution in [-0.4, -0.2) is 23.4 Å².